The Kier molecular flexibility index (Phi) is 4.31. The number of rotatable bonds is 4. The number of carbonyl (C=O) groups is 1. The molecule has 0 radical (unpaired) electrons. The third kappa shape index (κ3) is 3.14. The first-order valence-corrected chi connectivity index (χ1v) is 7.98. The van der Waals surface area contributed by atoms with Gasteiger partial charge in [-0.15, -0.1) is 11.3 Å². The molecule has 0 bridgehead atoms. The van der Waals surface area contributed by atoms with Crippen LogP contribution < -0.4 is 5.32 Å². The number of hydrogen-bond donors (Lipinski definition) is 1. The van der Waals surface area contributed by atoms with Crippen LogP contribution in [0.3, 0.4) is 0 Å². The average molecular weight is 302 g/mol. The van der Waals surface area contributed by atoms with Crippen LogP contribution in [0.2, 0.25) is 0 Å². The van der Waals surface area contributed by atoms with Crippen LogP contribution in [0.15, 0.2) is 42.0 Å². The minimum atomic E-state index is -0.0418. The van der Waals surface area contributed by atoms with Gasteiger partial charge in [0.25, 0.3) is 5.91 Å². The van der Waals surface area contributed by atoms with Gasteiger partial charge in [-0.3, -0.25) is 9.78 Å². The van der Waals surface area contributed by atoms with Crippen molar-refractivity contribution in [2.75, 3.05) is 19.8 Å². The SMILES string of the molecule is O=C(NCC1(c2cccs2)CCOCC1)c1ccncc1. The smallest absolute Gasteiger partial charge is 0.251 e. The maximum absolute atomic E-state index is 12.2. The van der Waals surface area contributed by atoms with Crippen LogP contribution in [0, 0.1) is 0 Å². The average Bonchev–Trinajstić information content (AvgIpc) is 3.09. The first-order chi connectivity index (χ1) is 10.3. The van der Waals surface area contributed by atoms with E-state index < -0.39 is 0 Å². The van der Waals surface area contributed by atoms with Crippen LogP contribution in [-0.4, -0.2) is 30.6 Å². The molecule has 1 aliphatic rings. The molecule has 1 saturated heterocycles. The van der Waals surface area contributed by atoms with Gasteiger partial charge in [-0.1, -0.05) is 6.07 Å². The zero-order valence-corrected chi connectivity index (χ0v) is 12.6. The number of amides is 1. The van der Waals surface area contributed by atoms with Crippen LogP contribution in [0.1, 0.15) is 28.1 Å². The Morgan fingerprint density at radius 2 is 2.05 bits per heavy atom. The number of pyridine rings is 1. The van der Waals surface area contributed by atoms with E-state index in [0.29, 0.717) is 12.1 Å². The fourth-order valence-electron chi connectivity index (χ4n) is 2.71. The Hall–Kier alpha value is -1.72. The normalized spacial score (nSPS) is 17.3. The van der Waals surface area contributed by atoms with Crippen LogP contribution >= 0.6 is 11.3 Å². The van der Waals surface area contributed by atoms with E-state index in [2.05, 4.69) is 27.8 Å². The third-order valence-electron chi connectivity index (χ3n) is 4.02. The van der Waals surface area contributed by atoms with Gasteiger partial charge in [-0.25, -0.2) is 0 Å². The van der Waals surface area contributed by atoms with Gasteiger partial charge in [0.1, 0.15) is 0 Å². The lowest BCUT2D eigenvalue weighted by molar-refractivity contribution is 0.0499. The fourth-order valence-corrected chi connectivity index (χ4v) is 3.69. The molecule has 0 aliphatic carbocycles. The van der Waals surface area contributed by atoms with Crippen LogP contribution in [0.25, 0.3) is 0 Å². The van der Waals surface area contributed by atoms with Gasteiger partial charge >= 0.3 is 0 Å². The molecule has 1 aliphatic heterocycles. The minimum Gasteiger partial charge on any atom is -0.381 e. The van der Waals surface area contributed by atoms with Gasteiger partial charge < -0.3 is 10.1 Å². The number of aromatic nitrogens is 1. The maximum atomic E-state index is 12.2. The molecule has 2 aromatic rings. The number of thiophene rings is 1. The Morgan fingerprint density at radius 3 is 2.71 bits per heavy atom. The monoisotopic (exact) mass is 302 g/mol. The van der Waals surface area contributed by atoms with Crippen molar-refractivity contribution in [2.24, 2.45) is 0 Å². The highest BCUT2D eigenvalue weighted by molar-refractivity contribution is 7.10. The van der Waals surface area contributed by atoms with Gasteiger partial charge in [-0.05, 0) is 36.4 Å². The zero-order valence-electron chi connectivity index (χ0n) is 11.7. The van der Waals surface area contributed by atoms with Crippen LogP contribution in [0.4, 0.5) is 0 Å². The summed E-state index contributed by atoms with van der Waals surface area (Å²) in [6.45, 7) is 2.16. The summed E-state index contributed by atoms with van der Waals surface area (Å²) >= 11 is 1.76. The molecule has 110 valence electrons. The lowest BCUT2D eigenvalue weighted by atomic mass is 9.78. The molecular weight excluding hydrogens is 284 g/mol. The van der Waals surface area contributed by atoms with E-state index in [0.717, 1.165) is 26.1 Å². The molecule has 3 rings (SSSR count). The van der Waals surface area contributed by atoms with Crippen molar-refractivity contribution in [3.63, 3.8) is 0 Å². The summed E-state index contributed by atoms with van der Waals surface area (Å²) in [7, 11) is 0. The quantitative estimate of drug-likeness (QED) is 0.944. The van der Waals surface area contributed by atoms with Crippen molar-refractivity contribution in [3.05, 3.63) is 52.5 Å². The standard InChI is InChI=1S/C16H18N2O2S/c19-15(13-3-7-17-8-4-13)18-12-16(5-9-20-10-6-16)14-2-1-11-21-14/h1-4,7-8,11H,5-6,9-10,12H2,(H,18,19). The molecule has 0 saturated carbocycles. The first-order valence-electron chi connectivity index (χ1n) is 7.10. The summed E-state index contributed by atoms with van der Waals surface area (Å²) in [5.74, 6) is -0.0418. The predicted octanol–water partition coefficient (Wildman–Crippen LogP) is 2.62. The molecule has 5 heteroatoms. The highest BCUT2D eigenvalue weighted by atomic mass is 32.1. The van der Waals surface area contributed by atoms with Gasteiger partial charge in [0.05, 0.1) is 0 Å². The molecule has 3 heterocycles. The molecule has 0 aromatic carbocycles. The van der Waals surface area contributed by atoms with Crippen molar-refractivity contribution in [2.45, 2.75) is 18.3 Å². The molecule has 0 atom stereocenters. The number of nitrogens with one attached hydrogen (secondary N) is 1. The predicted molar refractivity (Wildman–Crippen MR) is 82.6 cm³/mol. The summed E-state index contributed by atoms with van der Waals surface area (Å²) in [6.07, 6.45) is 5.17. The molecule has 0 unspecified atom stereocenters. The van der Waals surface area contributed by atoms with Crippen LogP contribution in [-0.2, 0) is 10.2 Å². The van der Waals surface area contributed by atoms with Crippen molar-refractivity contribution in [1.29, 1.82) is 0 Å². The summed E-state index contributed by atoms with van der Waals surface area (Å²) in [5.41, 5.74) is 0.660. The molecule has 21 heavy (non-hydrogen) atoms. The summed E-state index contributed by atoms with van der Waals surface area (Å²) in [4.78, 5) is 17.5. The number of nitrogens with zero attached hydrogens (tertiary/aromatic N) is 1. The van der Waals surface area contributed by atoms with E-state index >= 15 is 0 Å². The van der Waals surface area contributed by atoms with E-state index in [4.69, 9.17) is 4.74 Å². The fraction of sp³-hybridized carbons (Fsp3) is 0.375. The lowest BCUT2D eigenvalue weighted by Gasteiger charge is -2.36. The van der Waals surface area contributed by atoms with E-state index in [1.807, 2.05) is 0 Å². The first kappa shape index (κ1) is 14.2. The molecular formula is C16H18N2O2S. The van der Waals surface area contributed by atoms with Crippen LogP contribution in [0.5, 0.6) is 0 Å². The highest BCUT2D eigenvalue weighted by Gasteiger charge is 2.35. The van der Waals surface area contributed by atoms with Crippen molar-refractivity contribution in [1.82, 2.24) is 10.3 Å². The maximum Gasteiger partial charge on any atom is 0.251 e. The molecule has 1 amide bonds. The second-order valence-corrected chi connectivity index (χ2v) is 6.24. The summed E-state index contributed by atoms with van der Waals surface area (Å²) in [5, 5.41) is 5.18. The summed E-state index contributed by atoms with van der Waals surface area (Å²) < 4.78 is 5.50. The van der Waals surface area contributed by atoms with Crippen molar-refractivity contribution in [3.8, 4) is 0 Å². The van der Waals surface area contributed by atoms with Gasteiger partial charge in [0.2, 0.25) is 0 Å². The van der Waals surface area contributed by atoms with Gasteiger partial charge in [0, 0.05) is 48.0 Å². The third-order valence-corrected chi connectivity index (χ3v) is 5.14. The summed E-state index contributed by atoms with van der Waals surface area (Å²) in [6, 6.07) is 7.70. The molecule has 2 aromatic heterocycles. The van der Waals surface area contributed by atoms with E-state index in [1.54, 1.807) is 35.9 Å². The van der Waals surface area contributed by atoms with Crippen molar-refractivity contribution < 1.29 is 9.53 Å². The number of carbonyl (C=O) groups excluding carboxylic acids is 1. The zero-order chi connectivity index (χ0) is 14.5. The minimum absolute atomic E-state index is 0.00903. The van der Waals surface area contributed by atoms with E-state index in [-0.39, 0.29) is 11.3 Å². The molecule has 4 nitrogen and oxygen atoms in total. The second-order valence-electron chi connectivity index (χ2n) is 5.29. The topological polar surface area (TPSA) is 51.2 Å². The second kappa shape index (κ2) is 6.37. The van der Waals surface area contributed by atoms with Gasteiger partial charge in [-0.2, -0.15) is 0 Å². The molecule has 1 fully saturated rings. The molecule has 0 spiro atoms. The van der Waals surface area contributed by atoms with Gasteiger partial charge in [0.15, 0.2) is 0 Å². The van der Waals surface area contributed by atoms with Crippen molar-refractivity contribution >= 4 is 17.2 Å². The number of hydrogen-bond acceptors (Lipinski definition) is 4. The molecule has 1 N–H and O–H groups in total. The largest absolute Gasteiger partial charge is 0.381 e. The Morgan fingerprint density at radius 1 is 1.29 bits per heavy atom. The lowest BCUT2D eigenvalue weighted by Crippen LogP contribution is -2.44. The Labute approximate surface area is 128 Å². The van der Waals surface area contributed by atoms with E-state index in [9.17, 15) is 4.79 Å². The Bertz CT molecular complexity index is 578. The highest BCUT2D eigenvalue weighted by Crippen LogP contribution is 2.36. The Balaban J connectivity index is 1.72. The van der Waals surface area contributed by atoms with E-state index in [1.165, 1.54) is 4.88 Å². The number of ether oxygens (including phenoxy) is 1.